The second kappa shape index (κ2) is 9.94. The molecule has 2 aromatic rings. The molecule has 0 aliphatic carbocycles. The number of nitrogens with one attached hydrogen (secondary N) is 1. The molecule has 0 saturated carbocycles. The molecule has 5 heteroatoms. The Bertz CT molecular complexity index is 856. The number of ether oxygens (including phenoxy) is 1. The maximum Gasteiger partial charge on any atom is 0.262 e. The highest BCUT2D eigenvalue weighted by Crippen LogP contribution is 2.28. The van der Waals surface area contributed by atoms with Crippen molar-refractivity contribution in [3.8, 4) is 11.8 Å². The molecular formula is C22H23BrN2O2. The Balaban J connectivity index is 2.14. The fraction of sp³-hybridized carbons (Fsp3) is 0.273. The monoisotopic (exact) mass is 426 g/mol. The summed E-state index contributed by atoms with van der Waals surface area (Å²) in [4.78, 5) is 12.5. The van der Waals surface area contributed by atoms with Gasteiger partial charge >= 0.3 is 0 Å². The Morgan fingerprint density at radius 1 is 1.26 bits per heavy atom. The molecule has 0 heterocycles. The predicted octanol–water partition coefficient (Wildman–Crippen LogP) is 5.41. The molecular weight excluding hydrogens is 404 g/mol. The number of benzene rings is 2. The lowest BCUT2D eigenvalue weighted by molar-refractivity contribution is -0.117. The number of hydrogen-bond donors (Lipinski definition) is 1. The summed E-state index contributed by atoms with van der Waals surface area (Å²) in [6, 6.07) is 16.9. The van der Waals surface area contributed by atoms with Gasteiger partial charge in [-0.15, -0.1) is 0 Å². The molecule has 0 bridgehead atoms. The van der Waals surface area contributed by atoms with E-state index in [1.54, 1.807) is 6.08 Å². The zero-order chi connectivity index (χ0) is 19.8. The summed E-state index contributed by atoms with van der Waals surface area (Å²) < 4.78 is 6.60. The molecule has 0 fully saturated rings. The van der Waals surface area contributed by atoms with Gasteiger partial charge in [0.2, 0.25) is 0 Å². The van der Waals surface area contributed by atoms with Gasteiger partial charge < -0.3 is 10.1 Å². The number of amides is 1. The van der Waals surface area contributed by atoms with Crippen molar-refractivity contribution in [3.63, 3.8) is 0 Å². The van der Waals surface area contributed by atoms with Crippen LogP contribution in [0, 0.1) is 11.3 Å². The minimum atomic E-state index is -0.398. The van der Waals surface area contributed by atoms with Crippen LogP contribution in [0.1, 0.15) is 44.4 Å². The van der Waals surface area contributed by atoms with Gasteiger partial charge in [0, 0.05) is 0 Å². The lowest BCUT2D eigenvalue weighted by atomic mass is 10.1. The summed E-state index contributed by atoms with van der Waals surface area (Å²) >= 11 is 3.49. The lowest BCUT2D eigenvalue weighted by Crippen LogP contribution is -2.27. The van der Waals surface area contributed by atoms with Gasteiger partial charge in [0.05, 0.1) is 16.6 Å². The molecule has 0 saturated heterocycles. The topological polar surface area (TPSA) is 62.1 Å². The van der Waals surface area contributed by atoms with Crippen molar-refractivity contribution in [2.24, 2.45) is 0 Å². The Labute approximate surface area is 169 Å². The molecule has 0 radical (unpaired) electrons. The molecule has 2 atom stereocenters. The highest BCUT2D eigenvalue weighted by molar-refractivity contribution is 9.10. The van der Waals surface area contributed by atoms with Crippen molar-refractivity contribution in [1.82, 2.24) is 5.32 Å². The summed E-state index contributed by atoms with van der Waals surface area (Å²) in [5, 5.41) is 12.3. The van der Waals surface area contributed by atoms with Crippen LogP contribution in [-0.2, 0) is 4.79 Å². The summed E-state index contributed by atoms with van der Waals surface area (Å²) in [5.41, 5.74) is 1.79. The first kappa shape index (κ1) is 20.7. The third kappa shape index (κ3) is 5.97. The molecule has 0 aliphatic rings. The zero-order valence-electron chi connectivity index (χ0n) is 15.7. The van der Waals surface area contributed by atoms with Gasteiger partial charge in [-0.05, 0) is 65.5 Å². The Hall–Kier alpha value is -2.58. The molecule has 0 aromatic heterocycles. The van der Waals surface area contributed by atoms with Crippen LogP contribution in [0.3, 0.4) is 0 Å². The molecule has 140 valence electrons. The van der Waals surface area contributed by atoms with Crippen molar-refractivity contribution in [2.45, 2.75) is 39.3 Å². The second-order valence-corrected chi connectivity index (χ2v) is 7.16. The highest BCUT2D eigenvalue weighted by Gasteiger charge is 2.14. The van der Waals surface area contributed by atoms with E-state index < -0.39 is 5.91 Å². The number of carbonyl (C=O) groups excluding carboxylic acids is 1. The van der Waals surface area contributed by atoms with E-state index in [2.05, 4.69) is 28.2 Å². The lowest BCUT2D eigenvalue weighted by Gasteiger charge is -2.15. The van der Waals surface area contributed by atoms with Crippen molar-refractivity contribution in [2.75, 3.05) is 0 Å². The average Bonchev–Trinajstić information content (AvgIpc) is 2.68. The Kier molecular flexibility index (Phi) is 7.63. The van der Waals surface area contributed by atoms with Gasteiger partial charge in [0.25, 0.3) is 5.91 Å². The van der Waals surface area contributed by atoms with Gasteiger partial charge in [-0.1, -0.05) is 43.3 Å². The summed E-state index contributed by atoms with van der Waals surface area (Å²) in [6.45, 7) is 5.95. The quantitative estimate of drug-likeness (QED) is 0.475. The fourth-order valence-electron chi connectivity index (χ4n) is 2.42. The molecule has 0 unspecified atom stereocenters. The molecule has 27 heavy (non-hydrogen) atoms. The van der Waals surface area contributed by atoms with E-state index >= 15 is 0 Å². The SMILES string of the molecule is CC[C@H](C)Oc1ccc(/C=C(/C#N)C(=O)N[C@H](C)c2ccccc2)cc1Br. The molecule has 0 spiro atoms. The highest BCUT2D eigenvalue weighted by atomic mass is 79.9. The van der Waals surface area contributed by atoms with Crippen LogP contribution in [0.5, 0.6) is 5.75 Å². The summed E-state index contributed by atoms with van der Waals surface area (Å²) in [7, 11) is 0. The summed E-state index contributed by atoms with van der Waals surface area (Å²) in [6.07, 6.45) is 2.60. The normalized spacial score (nSPS) is 13.4. The van der Waals surface area contributed by atoms with E-state index in [9.17, 15) is 10.1 Å². The molecule has 4 nitrogen and oxygen atoms in total. The zero-order valence-corrected chi connectivity index (χ0v) is 17.3. The van der Waals surface area contributed by atoms with E-state index in [1.165, 1.54) is 0 Å². The first-order valence-corrected chi connectivity index (χ1v) is 9.67. The number of nitriles is 1. The van der Waals surface area contributed by atoms with Crippen molar-refractivity contribution >= 4 is 27.9 Å². The third-order valence-corrected chi connectivity index (χ3v) is 4.80. The first-order valence-electron chi connectivity index (χ1n) is 8.88. The van der Waals surface area contributed by atoms with E-state index in [4.69, 9.17) is 4.74 Å². The molecule has 1 amide bonds. The van der Waals surface area contributed by atoms with Gasteiger partial charge in [-0.3, -0.25) is 4.79 Å². The minimum Gasteiger partial charge on any atom is -0.490 e. The van der Waals surface area contributed by atoms with Crippen LogP contribution in [0.25, 0.3) is 6.08 Å². The van der Waals surface area contributed by atoms with Crippen molar-refractivity contribution in [3.05, 3.63) is 69.7 Å². The predicted molar refractivity (Wildman–Crippen MR) is 111 cm³/mol. The van der Waals surface area contributed by atoms with E-state index in [-0.39, 0.29) is 17.7 Å². The van der Waals surface area contributed by atoms with Gasteiger partial charge in [0.1, 0.15) is 17.4 Å². The summed E-state index contributed by atoms with van der Waals surface area (Å²) in [5.74, 6) is 0.340. The largest absolute Gasteiger partial charge is 0.490 e. The fourth-order valence-corrected chi connectivity index (χ4v) is 2.91. The van der Waals surface area contributed by atoms with E-state index in [1.807, 2.05) is 68.4 Å². The van der Waals surface area contributed by atoms with Gasteiger partial charge in [-0.25, -0.2) is 0 Å². The molecule has 1 N–H and O–H groups in total. The number of carbonyl (C=O) groups is 1. The standard InChI is InChI=1S/C22H23BrN2O2/c1-4-15(2)27-21-11-10-17(13-20(21)23)12-19(14-24)22(26)25-16(3)18-8-6-5-7-9-18/h5-13,15-16H,4H2,1-3H3,(H,25,26)/b19-12-/t15-,16+/m0/s1. The molecule has 2 rings (SSSR count). The number of nitrogens with zero attached hydrogens (tertiary/aromatic N) is 1. The first-order chi connectivity index (χ1) is 12.9. The van der Waals surface area contributed by atoms with E-state index in [0.717, 1.165) is 27.8 Å². The molecule has 2 aromatic carbocycles. The third-order valence-electron chi connectivity index (χ3n) is 4.18. The van der Waals surface area contributed by atoms with Crippen LogP contribution < -0.4 is 10.1 Å². The van der Waals surface area contributed by atoms with Crippen LogP contribution in [0.2, 0.25) is 0 Å². The minimum absolute atomic E-state index is 0.0558. The van der Waals surface area contributed by atoms with Crippen molar-refractivity contribution in [1.29, 1.82) is 5.26 Å². The second-order valence-electron chi connectivity index (χ2n) is 6.30. The van der Waals surface area contributed by atoms with Crippen LogP contribution >= 0.6 is 15.9 Å². The van der Waals surface area contributed by atoms with E-state index in [0.29, 0.717) is 0 Å². The van der Waals surface area contributed by atoms with Crippen LogP contribution in [0.15, 0.2) is 58.6 Å². The number of halogens is 1. The van der Waals surface area contributed by atoms with Gasteiger partial charge in [0.15, 0.2) is 0 Å². The van der Waals surface area contributed by atoms with Crippen molar-refractivity contribution < 1.29 is 9.53 Å². The Morgan fingerprint density at radius 2 is 1.96 bits per heavy atom. The van der Waals surface area contributed by atoms with Gasteiger partial charge in [-0.2, -0.15) is 5.26 Å². The number of hydrogen-bond acceptors (Lipinski definition) is 3. The van der Waals surface area contributed by atoms with Crippen LogP contribution in [-0.4, -0.2) is 12.0 Å². The number of rotatable bonds is 7. The molecule has 0 aliphatic heterocycles. The Morgan fingerprint density at radius 3 is 2.56 bits per heavy atom. The van der Waals surface area contributed by atoms with Crippen LogP contribution in [0.4, 0.5) is 0 Å². The smallest absolute Gasteiger partial charge is 0.262 e. The maximum atomic E-state index is 12.5. The average molecular weight is 427 g/mol. The maximum absolute atomic E-state index is 12.5.